The molecule has 0 N–H and O–H groups in total. The largest absolute Gasteiger partial charge is 0.341 e. The van der Waals surface area contributed by atoms with Crippen LogP contribution in [0.2, 0.25) is 0 Å². The van der Waals surface area contributed by atoms with Gasteiger partial charge in [0.25, 0.3) is 0 Å². The number of carbonyl (C=O) groups excluding carboxylic acids is 1. The van der Waals surface area contributed by atoms with Crippen molar-refractivity contribution in [1.29, 1.82) is 0 Å². The Labute approximate surface area is 163 Å². The number of carbonyl (C=O) groups is 1. The number of aromatic nitrogens is 3. The Morgan fingerprint density at radius 1 is 1.22 bits per heavy atom. The van der Waals surface area contributed by atoms with Gasteiger partial charge >= 0.3 is 0 Å². The van der Waals surface area contributed by atoms with Gasteiger partial charge < -0.3 is 4.90 Å². The number of nitrogens with zero attached hydrogens (tertiary/aromatic N) is 4. The maximum atomic E-state index is 12.8. The second-order valence-electron chi connectivity index (χ2n) is 7.22. The molecule has 1 aliphatic heterocycles. The smallest absolute Gasteiger partial charge is 0.232 e. The summed E-state index contributed by atoms with van der Waals surface area (Å²) in [5.74, 6) is 1.90. The number of aryl methyl sites for hydroxylation is 2. The van der Waals surface area contributed by atoms with E-state index in [1.807, 2.05) is 33.7 Å². The number of hydrogen-bond acceptors (Lipinski definition) is 4. The molecule has 2 aromatic heterocycles. The van der Waals surface area contributed by atoms with Gasteiger partial charge in [0.15, 0.2) is 5.65 Å². The van der Waals surface area contributed by atoms with E-state index in [9.17, 15) is 4.79 Å². The number of amides is 1. The Morgan fingerprint density at radius 3 is 3.00 bits per heavy atom. The van der Waals surface area contributed by atoms with Crippen LogP contribution in [-0.4, -0.2) is 44.2 Å². The van der Waals surface area contributed by atoms with Gasteiger partial charge in [0, 0.05) is 30.1 Å². The predicted molar refractivity (Wildman–Crippen MR) is 108 cm³/mol. The first-order chi connectivity index (χ1) is 13.1. The highest BCUT2D eigenvalue weighted by Gasteiger charge is 2.27. The van der Waals surface area contributed by atoms with Crippen LogP contribution >= 0.6 is 11.8 Å². The number of pyridine rings is 1. The van der Waals surface area contributed by atoms with Gasteiger partial charge in [0.1, 0.15) is 5.82 Å². The fourth-order valence-corrected chi connectivity index (χ4v) is 4.67. The lowest BCUT2D eigenvalue weighted by molar-refractivity contribution is -0.129. The first kappa shape index (κ1) is 18.0. The molecular weight excluding hydrogens is 356 g/mol. The van der Waals surface area contributed by atoms with Crippen LogP contribution in [0.1, 0.15) is 35.7 Å². The average Bonchev–Trinajstić information content (AvgIpc) is 3.13. The molecule has 1 amide bonds. The lowest BCUT2D eigenvalue weighted by Gasteiger charge is -2.32. The molecule has 5 nitrogen and oxygen atoms in total. The molecule has 1 aromatic carbocycles. The molecule has 0 spiro atoms. The number of fused-ring (bicyclic) bond motifs is 1. The summed E-state index contributed by atoms with van der Waals surface area (Å²) in [6.45, 7) is 5.74. The summed E-state index contributed by atoms with van der Waals surface area (Å²) in [7, 11) is 0. The van der Waals surface area contributed by atoms with Crippen LogP contribution < -0.4 is 0 Å². The van der Waals surface area contributed by atoms with Crippen molar-refractivity contribution >= 4 is 23.3 Å². The lowest BCUT2D eigenvalue weighted by atomic mass is 9.97. The molecule has 6 heteroatoms. The van der Waals surface area contributed by atoms with Crippen LogP contribution in [0.3, 0.4) is 0 Å². The standard InChI is InChI=1S/C21H24N4OS/c1-15-8-9-16(2)18(12-15)27-14-20(26)24-10-5-6-17(13-24)21-23-22-19-7-3-4-11-25(19)21/h3-4,7-9,11-12,17H,5-6,10,13-14H2,1-2H3. The quantitative estimate of drug-likeness (QED) is 0.645. The van der Waals surface area contributed by atoms with Crippen LogP contribution in [0, 0.1) is 13.8 Å². The zero-order chi connectivity index (χ0) is 18.8. The molecule has 3 aromatic rings. The topological polar surface area (TPSA) is 50.5 Å². The zero-order valence-electron chi connectivity index (χ0n) is 15.8. The first-order valence-electron chi connectivity index (χ1n) is 9.39. The summed E-state index contributed by atoms with van der Waals surface area (Å²) in [5.41, 5.74) is 3.32. The molecule has 0 aliphatic carbocycles. The van der Waals surface area contributed by atoms with E-state index in [1.54, 1.807) is 11.8 Å². The summed E-state index contributed by atoms with van der Waals surface area (Å²) in [6, 6.07) is 12.3. The average molecular weight is 381 g/mol. The van der Waals surface area contributed by atoms with Gasteiger partial charge in [-0.3, -0.25) is 9.20 Å². The normalized spacial score (nSPS) is 17.4. The van der Waals surface area contributed by atoms with E-state index < -0.39 is 0 Å². The van der Waals surface area contributed by atoms with E-state index in [0.29, 0.717) is 5.75 Å². The Bertz CT molecular complexity index is 968. The summed E-state index contributed by atoms with van der Waals surface area (Å²) < 4.78 is 2.05. The molecule has 4 rings (SSSR count). The first-order valence-corrected chi connectivity index (χ1v) is 10.4. The van der Waals surface area contributed by atoms with E-state index in [2.05, 4.69) is 42.2 Å². The lowest BCUT2D eigenvalue weighted by Crippen LogP contribution is -2.40. The van der Waals surface area contributed by atoms with Crippen molar-refractivity contribution in [2.24, 2.45) is 0 Å². The van der Waals surface area contributed by atoms with Gasteiger partial charge in [-0.15, -0.1) is 22.0 Å². The second kappa shape index (κ2) is 7.72. The van der Waals surface area contributed by atoms with Crippen LogP contribution in [0.4, 0.5) is 0 Å². The van der Waals surface area contributed by atoms with Crippen LogP contribution in [0.15, 0.2) is 47.5 Å². The van der Waals surface area contributed by atoms with Crippen LogP contribution in [-0.2, 0) is 4.79 Å². The molecule has 27 heavy (non-hydrogen) atoms. The van der Waals surface area contributed by atoms with Crippen molar-refractivity contribution in [3.63, 3.8) is 0 Å². The van der Waals surface area contributed by atoms with E-state index in [4.69, 9.17) is 0 Å². The van der Waals surface area contributed by atoms with Crippen molar-refractivity contribution in [3.05, 3.63) is 59.5 Å². The molecule has 0 radical (unpaired) electrons. The van der Waals surface area contributed by atoms with Gasteiger partial charge in [-0.25, -0.2) is 0 Å². The zero-order valence-corrected chi connectivity index (χ0v) is 16.6. The van der Waals surface area contributed by atoms with Gasteiger partial charge in [-0.05, 0) is 50.5 Å². The minimum Gasteiger partial charge on any atom is -0.341 e. The van der Waals surface area contributed by atoms with Crippen molar-refractivity contribution in [1.82, 2.24) is 19.5 Å². The molecule has 1 saturated heterocycles. The molecule has 0 bridgehead atoms. The molecule has 1 aliphatic rings. The van der Waals surface area contributed by atoms with Crippen molar-refractivity contribution < 1.29 is 4.79 Å². The van der Waals surface area contributed by atoms with Crippen molar-refractivity contribution in [3.8, 4) is 0 Å². The Balaban J connectivity index is 1.43. The van der Waals surface area contributed by atoms with Gasteiger partial charge in [0.2, 0.25) is 5.91 Å². The summed E-state index contributed by atoms with van der Waals surface area (Å²) in [5, 5.41) is 8.66. The monoisotopic (exact) mass is 380 g/mol. The Hall–Kier alpha value is -2.34. The number of thioether (sulfide) groups is 1. The molecule has 0 saturated carbocycles. The highest BCUT2D eigenvalue weighted by Crippen LogP contribution is 2.28. The maximum absolute atomic E-state index is 12.8. The summed E-state index contributed by atoms with van der Waals surface area (Å²) in [4.78, 5) is 16.0. The molecule has 1 fully saturated rings. The molecule has 3 heterocycles. The predicted octanol–water partition coefficient (Wildman–Crippen LogP) is 3.84. The maximum Gasteiger partial charge on any atom is 0.232 e. The highest BCUT2D eigenvalue weighted by atomic mass is 32.2. The van der Waals surface area contributed by atoms with E-state index in [0.717, 1.165) is 37.4 Å². The molecule has 1 unspecified atom stereocenters. The Kier molecular flexibility index (Phi) is 5.16. The second-order valence-corrected chi connectivity index (χ2v) is 8.24. The fourth-order valence-electron chi connectivity index (χ4n) is 3.65. The van der Waals surface area contributed by atoms with Crippen LogP contribution in [0.5, 0.6) is 0 Å². The van der Waals surface area contributed by atoms with Crippen molar-refractivity contribution in [2.75, 3.05) is 18.8 Å². The minimum atomic E-state index is 0.208. The summed E-state index contributed by atoms with van der Waals surface area (Å²) in [6.07, 6.45) is 4.05. The van der Waals surface area contributed by atoms with Crippen molar-refractivity contribution in [2.45, 2.75) is 37.5 Å². The number of rotatable bonds is 4. The highest BCUT2D eigenvalue weighted by molar-refractivity contribution is 8.00. The van der Waals surface area contributed by atoms with Gasteiger partial charge in [-0.1, -0.05) is 23.8 Å². The molecule has 140 valence electrons. The summed E-state index contributed by atoms with van der Waals surface area (Å²) >= 11 is 1.64. The van der Waals surface area contributed by atoms with E-state index in [1.165, 1.54) is 16.0 Å². The number of piperidine rings is 1. The van der Waals surface area contributed by atoms with Gasteiger partial charge in [0.05, 0.1) is 5.75 Å². The van der Waals surface area contributed by atoms with E-state index in [-0.39, 0.29) is 11.8 Å². The number of hydrogen-bond donors (Lipinski definition) is 0. The number of likely N-dealkylation sites (tertiary alicyclic amines) is 1. The Morgan fingerprint density at radius 2 is 2.11 bits per heavy atom. The van der Waals surface area contributed by atoms with Crippen LogP contribution in [0.25, 0.3) is 5.65 Å². The SMILES string of the molecule is Cc1ccc(C)c(SCC(=O)N2CCCC(c3nnc4ccccn34)C2)c1. The third-order valence-corrected chi connectivity index (χ3v) is 6.32. The minimum absolute atomic E-state index is 0.208. The molecule has 1 atom stereocenters. The fraction of sp³-hybridized carbons (Fsp3) is 0.381. The molecular formula is C21H24N4OS. The van der Waals surface area contributed by atoms with Gasteiger partial charge in [-0.2, -0.15) is 0 Å². The van der Waals surface area contributed by atoms with E-state index >= 15 is 0 Å². The third-order valence-electron chi connectivity index (χ3n) is 5.17. The number of benzene rings is 1. The third kappa shape index (κ3) is 3.86.